The van der Waals surface area contributed by atoms with Crippen molar-refractivity contribution in [2.24, 2.45) is 0 Å². The largest absolute Gasteiger partial charge is 0.385 e. The molecule has 1 aliphatic carbocycles. The summed E-state index contributed by atoms with van der Waals surface area (Å²) in [5, 5.41) is 10.0. The Morgan fingerprint density at radius 2 is 2.08 bits per heavy atom. The molecule has 1 aliphatic rings. The summed E-state index contributed by atoms with van der Waals surface area (Å²) in [6.45, 7) is 0. The monoisotopic (exact) mass is 244 g/mol. The molecule has 0 atom stereocenters. The predicted molar refractivity (Wildman–Crippen MR) is 51.8 cm³/mol. The average molecular weight is 245 g/mol. The zero-order valence-corrected chi connectivity index (χ0v) is 8.64. The highest BCUT2D eigenvalue weighted by Crippen LogP contribution is 2.43. The lowest BCUT2D eigenvalue weighted by Crippen LogP contribution is -2.33. The van der Waals surface area contributed by atoms with Crippen molar-refractivity contribution in [2.75, 3.05) is 0 Å². The minimum absolute atomic E-state index is 0.279. The molecule has 0 spiro atoms. The van der Waals surface area contributed by atoms with E-state index in [1.54, 1.807) is 6.07 Å². The molecule has 0 aliphatic heterocycles. The summed E-state index contributed by atoms with van der Waals surface area (Å²) < 4.78 is 13.4. The van der Waals surface area contributed by atoms with Gasteiger partial charge in [-0.2, -0.15) is 0 Å². The Hall–Kier alpha value is -0.410. The number of hydrogen-bond acceptors (Lipinski definition) is 1. The fourth-order valence-corrected chi connectivity index (χ4v) is 2.37. The molecular weight excluding hydrogens is 235 g/mol. The summed E-state index contributed by atoms with van der Waals surface area (Å²) in [6.07, 6.45) is 2.59. The number of benzene rings is 1. The molecule has 3 heteroatoms. The van der Waals surface area contributed by atoms with E-state index in [2.05, 4.69) is 15.9 Å². The molecule has 0 saturated heterocycles. The average Bonchev–Trinajstić information content (AvgIpc) is 2.00. The van der Waals surface area contributed by atoms with Crippen LogP contribution in [-0.4, -0.2) is 5.11 Å². The van der Waals surface area contributed by atoms with Crippen LogP contribution in [0, 0.1) is 5.82 Å². The summed E-state index contributed by atoms with van der Waals surface area (Å²) in [5.41, 5.74) is 0.0900. The van der Waals surface area contributed by atoms with E-state index >= 15 is 0 Å². The van der Waals surface area contributed by atoms with Crippen molar-refractivity contribution < 1.29 is 9.50 Å². The normalized spacial score (nSPS) is 19.6. The summed E-state index contributed by atoms with van der Waals surface area (Å²) in [6, 6.07) is 4.43. The maximum absolute atomic E-state index is 12.7. The zero-order chi connectivity index (χ0) is 9.47. The highest BCUT2D eigenvalue weighted by Gasteiger charge is 2.37. The molecule has 1 aromatic rings. The van der Waals surface area contributed by atoms with Crippen LogP contribution in [-0.2, 0) is 5.60 Å². The SMILES string of the molecule is OC1(c2ccc(F)cc2Br)CCC1. The van der Waals surface area contributed by atoms with Gasteiger partial charge in [-0.15, -0.1) is 0 Å². The van der Waals surface area contributed by atoms with Gasteiger partial charge in [-0.1, -0.05) is 22.0 Å². The Labute approximate surface area is 84.7 Å². The summed E-state index contributed by atoms with van der Waals surface area (Å²) >= 11 is 3.26. The van der Waals surface area contributed by atoms with Gasteiger partial charge in [-0.25, -0.2) is 4.39 Å². The number of hydrogen-bond donors (Lipinski definition) is 1. The Balaban J connectivity index is 2.40. The minimum atomic E-state index is -0.716. The molecule has 1 aromatic carbocycles. The third kappa shape index (κ3) is 1.51. The van der Waals surface area contributed by atoms with Crippen LogP contribution >= 0.6 is 15.9 Å². The Morgan fingerprint density at radius 1 is 1.38 bits per heavy atom. The molecule has 1 fully saturated rings. The van der Waals surface area contributed by atoms with E-state index in [1.807, 2.05) is 0 Å². The van der Waals surface area contributed by atoms with Crippen LogP contribution in [0.2, 0.25) is 0 Å². The molecule has 0 heterocycles. The first-order valence-corrected chi connectivity index (χ1v) is 5.09. The van der Waals surface area contributed by atoms with Crippen LogP contribution in [0.1, 0.15) is 24.8 Å². The second kappa shape index (κ2) is 3.07. The second-order valence-electron chi connectivity index (χ2n) is 3.51. The van der Waals surface area contributed by atoms with Gasteiger partial charge < -0.3 is 5.11 Å². The summed E-state index contributed by atoms with van der Waals surface area (Å²) in [4.78, 5) is 0. The topological polar surface area (TPSA) is 20.2 Å². The zero-order valence-electron chi connectivity index (χ0n) is 7.06. The molecule has 13 heavy (non-hydrogen) atoms. The maximum Gasteiger partial charge on any atom is 0.124 e. The van der Waals surface area contributed by atoms with Gasteiger partial charge in [-0.3, -0.25) is 0 Å². The lowest BCUT2D eigenvalue weighted by atomic mass is 9.75. The molecule has 1 nitrogen and oxygen atoms in total. The minimum Gasteiger partial charge on any atom is -0.385 e. The van der Waals surface area contributed by atoms with Gasteiger partial charge in [0.1, 0.15) is 5.82 Å². The quantitative estimate of drug-likeness (QED) is 0.806. The molecule has 0 bridgehead atoms. The Bertz CT molecular complexity index is 334. The molecule has 1 saturated carbocycles. The molecule has 0 radical (unpaired) electrons. The van der Waals surface area contributed by atoms with Crippen molar-refractivity contribution in [3.8, 4) is 0 Å². The van der Waals surface area contributed by atoms with E-state index in [0.29, 0.717) is 4.47 Å². The standard InChI is InChI=1S/C10H10BrFO/c11-9-6-7(12)2-3-8(9)10(13)4-1-5-10/h2-3,6,13H,1,4-5H2. The lowest BCUT2D eigenvalue weighted by molar-refractivity contribution is -0.0394. The van der Waals surface area contributed by atoms with Gasteiger partial charge in [0.15, 0.2) is 0 Å². The Morgan fingerprint density at radius 3 is 2.54 bits per heavy atom. The van der Waals surface area contributed by atoms with E-state index in [1.165, 1.54) is 12.1 Å². The third-order valence-corrected chi connectivity index (χ3v) is 3.27. The lowest BCUT2D eigenvalue weighted by Gasteiger charge is -2.37. The molecular formula is C10H10BrFO. The van der Waals surface area contributed by atoms with Crippen LogP contribution in [0.25, 0.3) is 0 Å². The van der Waals surface area contributed by atoms with Crippen molar-refractivity contribution in [1.29, 1.82) is 0 Å². The van der Waals surface area contributed by atoms with Crippen LogP contribution in [0.15, 0.2) is 22.7 Å². The van der Waals surface area contributed by atoms with E-state index in [0.717, 1.165) is 24.8 Å². The smallest absolute Gasteiger partial charge is 0.124 e. The molecule has 1 N–H and O–H groups in total. The summed E-state index contributed by atoms with van der Waals surface area (Å²) in [7, 11) is 0. The maximum atomic E-state index is 12.7. The van der Waals surface area contributed by atoms with E-state index in [4.69, 9.17) is 0 Å². The van der Waals surface area contributed by atoms with Gasteiger partial charge >= 0.3 is 0 Å². The first-order valence-electron chi connectivity index (χ1n) is 4.30. The van der Waals surface area contributed by atoms with E-state index < -0.39 is 5.60 Å². The predicted octanol–water partition coefficient (Wildman–Crippen LogP) is 2.96. The van der Waals surface area contributed by atoms with Crippen LogP contribution in [0.4, 0.5) is 4.39 Å². The molecule has 0 aromatic heterocycles. The van der Waals surface area contributed by atoms with Gasteiger partial charge in [0, 0.05) is 4.47 Å². The second-order valence-corrected chi connectivity index (χ2v) is 4.36. The van der Waals surface area contributed by atoms with Gasteiger partial charge in [-0.05, 0) is 37.0 Å². The molecule has 2 rings (SSSR count). The highest BCUT2D eigenvalue weighted by atomic mass is 79.9. The van der Waals surface area contributed by atoms with Crippen molar-refractivity contribution in [1.82, 2.24) is 0 Å². The van der Waals surface area contributed by atoms with Crippen molar-refractivity contribution in [3.63, 3.8) is 0 Å². The number of rotatable bonds is 1. The first kappa shape index (κ1) is 9.16. The number of aliphatic hydroxyl groups is 1. The van der Waals surface area contributed by atoms with Crippen LogP contribution < -0.4 is 0 Å². The van der Waals surface area contributed by atoms with Crippen LogP contribution in [0.5, 0.6) is 0 Å². The van der Waals surface area contributed by atoms with Crippen molar-refractivity contribution in [2.45, 2.75) is 24.9 Å². The van der Waals surface area contributed by atoms with Crippen molar-refractivity contribution >= 4 is 15.9 Å². The van der Waals surface area contributed by atoms with Crippen molar-refractivity contribution in [3.05, 3.63) is 34.1 Å². The number of halogens is 2. The van der Waals surface area contributed by atoms with E-state index in [-0.39, 0.29) is 5.82 Å². The van der Waals surface area contributed by atoms with Gasteiger partial charge in [0.25, 0.3) is 0 Å². The van der Waals surface area contributed by atoms with Gasteiger partial charge in [0.05, 0.1) is 5.60 Å². The summed E-state index contributed by atoms with van der Waals surface area (Å²) in [5.74, 6) is -0.279. The first-order chi connectivity index (χ1) is 6.12. The Kier molecular flexibility index (Phi) is 2.16. The van der Waals surface area contributed by atoms with E-state index in [9.17, 15) is 9.50 Å². The molecule has 0 amide bonds. The fraction of sp³-hybridized carbons (Fsp3) is 0.400. The fourth-order valence-electron chi connectivity index (χ4n) is 1.65. The highest BCUT2D eigenvalue weighted by molar-refractivity contribution is 9.10. The molecule has 70 valence electrons. The molecule has 0 unspecified atom stereocenters. The third-order valence-electron chi connectivity index (χ3n) is 2.61. The van der Waals surface area contributed by atoms with Gasteiger partial charge in [0.2, 0.25) is 0 Å². The van der Waals surface area contributed by atoms with Crippen LogP contribution in [0.3, 0.4) is 0 Å².